The summed E-state index contributed by atoms with van der Waals surface area (Å²) in [6, 6.07) is 6.24. The van der Waals surface area contributed by atoms with Crippen molar-refractivity contribution in [3.63, 3.8) is 0 Å². The fourth-order valence-electron chi connectivity index (χ4n) is 1.63. The number of hydrogen-bond acceptors (Lipinski definition) is 3. The Hall–Kier alpha value is -1.16. The monoisotopic (exact) mass is 221 g/mol. The first-order valence-electron chi connectivity index (χ1n) is 5.00. The molecular formula is C11H15N3S. The van der Waals surface area contributed by atoms with Gasteiger partial charge in [-0.05, 0) is 25.1 Å². The Morgan fingerprint density at radius 2 is 2.27 bits per heavy atom. The molecule has 0 bridgehead atoms. The van der Waals surface area contributed by atoms with Gasteiger partial charge in [0.1, 0.15) is 5.82 Å². The van der Waals surface area contributed by atoms with Gasteiger partial charge in [-0.25, -0.2) is 4.98 Å². The Bertz CT molecular complexity index is 476. The van der Waals surface area contributed by atoms with E-state index in [0.29, 0.717) is 0 Å². The van der Waals surface area contributed by atoms with Crippen LogP contribution in [0.2, 0.25) is 0 Å². The Morgan fingerprint density at radius 3 is 3.00 bits per heavy atom. The molecule has 0 radical (unpaired) electrons. The summed E-state index contributed by atoms with van der Waals surface area (Å²) in [5, 5.41) is 3.29. The van der Waals surface area contributed by atoms with Crippen LogP contribution in [0, 0.1) is 6.92 Å². The lowest BCUT2D eigenvalue weighted by Crippen LogP contribution is -2.01. The lowest BCUT2D eigenvalue weighted by molar-refractivity contribution is 0.886. The van der Waals surface area contributed by atoms with E-state index >= 15 is 0 Å². The molecule has 0 spiro atoms. The topological polar surface area (TPSA) is 29.9 Å². The van der Waals surface area contributed by atoms with E-state index in [-0.39, 0.29) is 0 Å². The largest absolute Gasteiger partial charge is 0.384 e. The maximum absolute atomic E-state index is 4.49. The van der Waals surface area contributed by atoms with E-state index < -0.39 is 0 Å². The summed E-state index contributed by atoms with van der Waals surface area (Å²) in [5.41, 5.74) is 3.32. The van der Waals surface area contributed by atoms with Gasteiger partial charge in [-0.15, -0.1) is 0 Å². The standard InChI is InChI=1S/C11H15N3S/c1-8-13-10-7-9(12-5-6-15)3-4-11(10)14(8)2/h3-4,7,12,15H,5-6H2,1-2H3. The van der Waals surface area contributed by atoms with E-state index in [4.69, 9.17) is 0 Å². The van der Waals surface area contributed by atoms with Gasteiger partial charge < -0.3 is 9.88 Å². The molecule has 0 aliphatic carbocycles. The minimum Gasteiger partial charge on any atom is -0.384 e. The number of aryl methyl sites for hydroxylation is 2. The SMILES string of the molecule is Cc1nc2cc(NCCS)ccc2n1C. The van der Waals surface area contributed by atoms with E-state index in [1.165, 1.54) is 5.52 Å². The minimum atomic E-state index is 0.833. The van der Waals surface area contributed by atoms with Gasteiger partial charge in [0.2, 0.25) is 0 Å². The van der Waals surface area contributed by atoms with Crippen LogP contribution in [-0.2, 0) is 7.05 Å². The van der Waals surface area contributed by atoms with Gasteiger partial charge in [0.15, 0.2) is 0 Å². The van der Waals surface area contributed by atoms with Gasteiger partial charge in [0.05, 0.1) is 11.0 Å². The van der Waals surface area contributed by atoms with Crippen LogP contribution in [0.5, 0.6) is 0 Å². The van der Waals surface area contributed by atoms with Crippen LogP contribution in [0.3, 0.4) is 0 Å². The van der Waals surface area contributed by atoms with Gasteiger partial charge >= 0.3 is 0 Å². The number of nitrogens with zero attached hydrogens (tertiary/aromatic N) is 2. The predicted octanol–water partition coefficient (Wildman–Crippen LogP) is 2.22. The van der Waals surface area contributed by atoms with Gasteiger partial charge in [0, 0.05) is 25.0 Å². The van der Waals surface area contributed by atoms with Crippen molar-refractivity contribution in [2.45, 2.75) is 6.92 Å². The summed E-state index contributed by atoms with van der Waals surface area (Å²) >= 11 is 4.16. The minimum absolute atomic E-state index is 0.833. The van der Waals surface area contributed by atoms with Crippen LogP contribution in [0.25, 0.3) is 11.0 Å². The van der Waals surface area contributed by atoms with Crippen molar-refractivity contribution >= 4 is 29.3 Å². The van der Waals surface area contributed by atoms with Crippen molar-refractivity contribution in [3.05, 3.63) is 24.0 Å². The van der Waals surface area contributed by atoms with E-state index in [0.717, 1.165) is 29.3 Å². The number of thiol groups is 1. The first-order chi connectivity index (χ1) is 7.22. The second-order valence-electron chi connectivity index (χ2n) is 3.57. The third kappa shape index (κ3) is 1.95. The smallest absolute Gasteiger partial charge is 0.106 e. The maximum Gasteiger partial charge on any atom is 0.106 e. The van der Waals surface area contributed by atoms with Crippen molar-refractivity contribution in [3.8, 4) is 0 Å². The first kappa shape index (κ1) is 10.4. The Balaban J connectivity index is 2.39. The van der Waals surface area contributed by atoms with E-state index in [1.54, 1.807) is 0 Å². The van der Waals surface area contributed by atoms with Crippen LogP contribution in [0.1, 0.15) is 5.82 Å². The summed E-state index contributed by atoms with van der Waals surface area (Å²) in [4.78, 5) is 4.49. The lowest BCUT2D eigenvalue weighted by Gasteiger charge is -2.03. The van der Waals surface area contributed by atoms with E-state index in [9.17, 15) is 0 Å². The fraction of sp³-hybridized carbons (Fsp3) is 0.364. The predicted molar refractivity (Wildman–Crippen MR) is 67.8 cm³/mol. The molecule has 0 unspecified atom stereocenters. The molecule has 0 fully saturated rings. The molecule has 2 aromatic rings. The molecule has 80 valence electrons. The average molecular weight is 221 g/mol. The highest BCUT2D eigenvalue weighted by Crippen LogP contribution is 2.19. The summed E-state index contributed by atoms with van der Waals surface area (Å²) in [7, 11) is 2.03. The molecule has 0 saturated carbocycles. The molecule has 0 aliphatic heterocycles. The average Bonchev–Trinajstić information content (AvgIpc) is 2.52. The molecule has 1 heterocycles. The summed E-state index contributed by atoms with van der Waals surface area (Å²) in [6.07, 6.45) is 0. The summed E-state index contributed by atoms with van der Waals surface area (Å²) in [5.74, 6) is 1.87. The zero-order valence-electron chi connectivity index (χ0n) is 8.99. The normalized spacial score (nSPS) is 10.9. The number of rotatable bonds is 3. The zero-order valence-corrected chi connectivity index (χ0v) is 9.88. The molecule has 1 aromatic carbocycles. The van der Waals surface area contributed by atoms with Crippen LogP contribution < -0.4 is 5.32 Å². The Morgan fingerprint density at radius 1 is 1.47 bits per heavy atom. The molecule has 1 aromatic heterocycles. The molecule has 0 amide bonds. The van der Waals surface area contributed by atoms with E-state index in [1.807, 2.05) is 14.0 Å². The number of fused-ring (bicyclic) bond motifs is 1. The molecule has 0 atom stereocenters. The quantitative estimate of drug-likeness (QED) is 0.778. The summed E-state index contributed by atoms with van der Waals surface area (Å²) in [6.45, 7) is 2.89. The maximum atomic E-state index is 4.49. The third-order valence-electron chi connectivity index (χ3n) is 2.55. The molecule has 1 N–H and O–H groups in total. The van der Waals surface area contributed by atoms with Crippen molar-refractivity contribution in [1.82, 2.24) is 9.55 Å². The van der Waals surface area contributed by atoms with Crippen LogP contribution in [-0.4, -0.2) is 21.8 Å². The second-order valence-corrected chi connectivity index (χ2v) is 4.02. The number of aromatic nitrogens is 2. The molecule has 3 nitrogen and oxygen atoms in total. The number of benzene rings is 1. The van der Waals surface area contributed by atoms with Crippen molar-refractivity contribution in [2.24, 2.45) is 7.05 Å². The number of nitrogens with one attached hydrogen (secondary N) is 1. The summed E-state index contributed by atoms with van der Waals surface area (Å²) < 4.78 is 2.09. The number of hydrogen-bond donors (Lipinski definition) is 2. The highest BCUT2D eigenvalue weighted by molar-refractivity contribution is 7.80. The Kier molecular flexibility index (Phi) is 2.86. The second kappa shape index (κ2) is 4.14. The van der Waals surface area contributed by atoms with Crippen LogP contribution in [0.4, 0.5) is 5.69 Å². The molecule has 0 saturated heterocycles. The van der Waals surface area contributed by atoms with Crippen molar-refractivity contribution in [1.29, 1.82) is 0 Å². The molecule has 15 heavy (non-hydrogen) atoms. The van der Waals surface area contributed by atoms with Gasteiger partial charge in [-0.3, -0.25) is 0 Å². The molecule has 0 aliphatic rings. The van der Waals surface area contributed by atoms with Gasteiger partial charge in [-0.1, -0.05) is 0 Å². The fourth-order valence-corrected chi connectivity index (χ4v) is 1.74. The van der Waals surface area contributed by atoms with Gasteiger partial charge in [-0.2, -0.15) is 12.6 Å². The highest BCUT2D eigenvalue weighted by atomic mass is 32.1. The third-order valence-corrected chi connectivity index (χ3v) is 2.77. The highest BCUT2D eigenvalue weighted by Gasteiger charge is 2.03. The molecule has 2 rings (SSSR count). The first-order valence-corrected chi connectivity index (χ1v) is 5.63. The van der Waals surface area contributed by atoms with Crippen LogP contribution in [0.15, 0.2) is 18.2 Å². The number of imidazole rings is 1. The van der Waals surface area contributed by atoms with Gasteiger partial charge in [0.25, 0.3) is 0 Å². The molecular weight excluding hydrogens is 206 g/mol. The van der Waals surface area contributed by atoms with E-state index in [2.05, 4.69) is 45.7 Å². The van der Waals surface area contributed by atoms with Crippen molar-refractivity contribution in [2.75, 3.05) is 17.6 Å². The zero-order chi connectivity index (χ0) is 10.8. The van der Waals surface area contributed by atoms with Crippen molar-refractivity contribution < 1.29 is 0 Å². The lowest BCUT2D eigenvalue weighted by atomic mass is 10.2. The molecule has 4 heteroatoms. The Labute approximate surface area is 94.9 Å². The number of anilines is 1. The van der Waals surface area contributed by atoms with Crippen LogP contribution >= 0.6 is 12.6 Å².